The molecule has 0 spiro atoms. The summed E-state index contributed by atoms with van der Waals surface area (Å²) >= 11 is 0. The van der Waals surface area contributed by atoms with Gasteiger partial charge in [0.1, 0.15) is 17.5 Å². The fourth-order valence-electron chi connectivity index (χ4n) is 2.72. The highest BCUT2D eigenvalue weighted by atomic mass is 16.5. The molecule has 6 nitrogen and oxygen atoms in total. The van der Waals surface area contributed by atoms with Gasteiger partial charge in [-0.15, -0.1) is 5.10 Å². The van der Waals surface area contributed by atoms with E-state index < -0.39 is 0 Å². The van der Waals surface area contributed by atoms with Gasteiger partial charge in [-0.3, -0.25) is 0 Å². The van der Waals surface area contributed by atoms with Crippen LogP contribution >= 0.6 is 0 Å². The fourth-order valence-corrected chi connectivity index (χ4v) is 2.72. The Balaban J connectivity index is 1.85. The quantitative estimate of drug-likeness (QED) is 0.886. The topological polar surface area (TPSA) is 75.2 Å². The average molecular weight is 316 g/mol. The van der Waals surface area contributed by atoms with E-state index in [2.05, 4.69) is 24.2 Å². The molecule has 0 saturated carbocycles. The molecule has 2 heterocycles. The van der Waals surface area contributed by atoms with Gasteiger partial charge in [0.15, 0.2) is 0 Å². The molecule has 1 saturated heterocycles. The Hall–Kier alpha value is -1.92. The van der Waals surface area contributed by atoms with Crippen LogP contribution in [0, 0.1) is 5.92 Å². The van der Waals surface area contributed by atoms with Crippen molar-refractivity contribution in [1.82, 2.24) is 15.0 Å². The zero-order valence-electron chi connectivity index (χ0n) is 13.7. The lowest BCUT2D eigenvalue weighted by atomic mass is 10.1. The van der Waals surface area contributed by atoms with Gasteiger partial charge < -0.3 is 15.2 Å². The largest absolute Gasteiger partial charge is 0.493 e. The van der Waals surface area contributed by atoms with Crippen molar-refractivity contribution in [3.63, 3.8) is 0 Å². The summed E-state index contributed by atoms with van der Waals surface area (Å²) in [6, 6.07) is 7.90. The van der Waals surface area contributed by atoms with E-state index in [9.17, 15) is 0 Å². The molecule has 6 heteroatoms. The highest BCUT2D eigenvalue weighted by Crippen LogP contribution is 2.31. The minimum absolute atomic E-state index is 0.0282. The van der Waals surface area contributed by atoms with Crippen LogP contribution in [-0.2, 0) is 11.3 Å². The Morgan fingerprint density at radius 3 is 2.74 bits per heavy atom. The third-order valence-corrected chi connectivity index (χ3v) is 3.87. The monoisotopic (exact) mass is 316 g/mol. The van der Waals surface area contributed by atoms with E-state index in [4.69, 9.17) is 15.2 Å². The van der Waals surface area contributed by atoms with Crippen LogP contribution in [0.5, 0.6) is 5.75 Å². The van der Waals surface area contributed by atoms with Crippen LogP contribution in [0.3, 0.4) is 0 Å². The van der Waals surface area contributed by atoms with Crippen molar-refractivity contribution in [3.05, 3.63) is 35.7 Å². The highest BCUT2D eigenvalue weighted by molar-refractivity contribution is 5.39. The van der Waals surface area contributed by atoms with Gasteiger partial charge in [-0.1, -0.05) is 19.1 Å². The van der Waals surface area contributed by atoms with Gasteiger partial charge in [0.05, 0.1) is 18.0 Å². The van der Waals surface area contributed by atoms with Crippen molar-refractivity contribution in [2.45, 2.75) is 39.3 Å². The number of benzene rings is 1. The van der Waals surface area contributed by atoms with Gasteiger partial charge in [-0.05, 0) is 43.0 Å². The van der Waals surface area contributed by atoms with Crippen LogP contribution in [-0.4, -0.2) is 28.2 Å². The molecule has 0 radical (unpaired) electrons. The van der Waals surface area contributed by atoms with Gasteiger partial charge in [0.2, 0.25) is 0 Å². The summed E-state index contributed by atoms with van der Waals surface area (Å²) in [4.78, 5) is 0. The van der Waals surface area contributed by atoms with Crippen molar-refractivity contribution < 1.29 is 9.47 Å². The predicted molar refractivity (Wildman–Crippen MR) is 87.5 cm³/mol. The minimum atomic E-state index is 0.0282. The molecule has 1 aliphatic rings. The van der Waals surface area contributed by atoms with Crippen LogP contribution in [0.25, 0.3) is 5.69 Å². The molecule has 1 aliphatic heterocycles. The molecule has 124 valence electrons. The zero-order chi connectivity index (χ0) is 16.2. The Bertz CT molecular complexity index is 631. The minimum Gasteiger partial charge on any atom is -0.493 e. The molecular formula is C17H24N4O2. The van der Waals surface area contributed by atoms with E-state index in [1.54, 1.807) is 0 Å². The molecule has 1 aromatic carbocycles. The second kappa shape index (κ2) is 7.10. The van der Waals surface area contributed by atoms with E-state index in [-0.39, 0.29) is 6.10 Å². The lowest BCUT2D eigenvalue weighted by Gasteiger charge is -2.14. The molecule has 0 aliphatic carbocycles. The number of hydrogen-bond donors (Lipinski definition) is 1. The maximum atomic E-state index is 5.81. The molecular weight excluding hydrogens is 292 g/mol. The maximum Gasteiger partial charge on any atom is 0.119 e. The third-order valence-electron chi connectivity index (χ3n) is 3.87. The summed E-state index contributed by atoms with van der Waals surface area (Å²) in [6.45, 7) is 6.12. The van der Waals surface area contributed by atoms with E-state index in [0.717, 1.165) is 42.3 Å². The van der Waals surface area contributed by atoms with Crippen LogP contribution in [0.15, 0.2) is 24.3 Å². The Morgan fingerprint density at radius 1 is 1.35 bits per heavy atom. The van der Waals surface area contributed by atoms with Gasteiger partial charge in [-0.2, -0.15) is 0 Å². The molecule has 3 rings (SSSR count). The van der Waals surface area contributed by atoms with Crippen LogP contribution in [0.1, 0.15) is 44.2 Å². The van der Waals surface area contributed by atoms with Crippen molar-refractivity contribution in [2.24, 2.45) is 11.7 Å². The number of hydrogen-bond acceptors (Lipinski definition) is 5. The molecule has 1 aromatic heterocycles. The molecule has 0 amide bonds. The first-order valence-electron chi connectivity index (χ1n) is 8.18. The molecule has 1 fully saturated rings. The number of nitrogens with two attached hydrogens (primary N) is 1. The Labute approximate surface area is 136 Å². The average Bonchev–Trinajstić information content (AvgIpc) is 3.21. The lowest BCUT2D eigenvalue weighted by molar-refractivity contribution is 0.106. The lowest BCUT2D eigenvalue weighted by Crippen LogP contribution is -2.11. The molecule has 2 aromatic rings. The summed E-state index contributed by atoms with van der Waals surface area (Å²) in [5.41, 5.74) is 8.53. The standard InChI is InChI=1S/C17H24N4O2/c1-12(2)11-23-14-7-5-13(6-8-14)21-17(15(10-18)19-20-21)16-4-3-9-22-16/h5-8,12,16H,3-4,9-11,18H2,1-2H3. The Kier molecular flexibility index (Phi) is 4.93. The van der Waals surface area contributed by atoms with Crippen LogP contribution in [0.2, 0.25) is 0 Å². The van der Waals surface area contributed by atoms with E-state index in [1.165, 1.54) is 0 Å². The summed E-state index contributed by atoms with van der Waals surface area (Å²) in [5.74, 6) is 1.36. The number of rotatable bonds is 6. The zero-order valence-corrected chi connectivity index (χ0v) is 13.7. The summed E-state index contributed by atoms with van der Waals surface area (Å²) in [6.07, 6.45) is 2.07. The van der Waals surface area contributed by atoms with Crippen LogP contribution in [0.4, 0.5) is 0 Å². The molecule has 1 atom stereocenters. The number of ether oxygens (including phenoxy) is 2. The van der Waals surface area contributed by atoms with Crippen LogP contribution < -0.4 is 10.5 Å². The van der Waals surface area contributed by atoms with E-state index in [1.807, 2.05) is 28.9 Å². The van der Waals surface area contributed by atoms with Crippen molar-refractivity contribution in [3.8, 4) is 11.4 Å². The van der Waals surface area contributed by atoms with Crippen molar-refractivity contribution in [2.75, 3.05) is 13.2 Å². The first-order valence-corrected chi connectivity index (χ1v) is 8.18. The second-order valence-electron chi connectivity index (χ2n) is 6.24. The molecule has 0 bridgehead atoms. The first-order chi connectivity index (χ1) is 11.2. The Morgan fingerprint density at radius 2 is 2.13 bits per heavy atom. The summed E-state index contributed by atoms with van der Waals surface area (Å²) < 4.78 is 13.4. The molecule has 1 unspecified atom stereocenters. The van der Waals surface area contributed by atoms with E-state index >= 15 is 0 Å². The van der Waals surface area contributed by atoms with Crippen molar-refractivity contribution in [1.29, 1.82) is 0 Å². The van der Waals surface area contributed by atoms with Gasteiger partial charge in [0.25, 0.3) is 0 Å². The van der Waals surface area contributed by atoms with E-state index in [0.29, 0.717) is 19.1 Å². The smallest absolute Gasteiger partial charge is 0.119 e. The maximum absolute atomic E-state index is 5.81. The third kappa shape index (κ3) is 3.54. The normalized spacial score (nSPS) is 17.8. The molecule has 23 heavy (non-hydrogen) atoms. The summed E-state index contributed by atoms with van der Waals surface area (Å²) in [5, 5.41) is 8.49. The second-order valence-corrected chi connectivity index (χ2v) is 6.24. The summed E-state index contributed by atoms with van der Waals surface area (Å²) in [7, 11) is 0. The van der Waals surface area contributed by atoms with Gasteiger partial charge in [-0.25, -0.2) is 4.68 Å². The van der Waals surface area contributed by atoms with Gasteiger partial charge >= 0.3 is 0 Å². The fraction of sp³-hybridized carbons (Fsp3) is 0.529. The number of aromatic nitrogens is 3. The first kappa shape index (κ1) is 16.0. The number of nitrogens with zero attached hydrogens (tertiary/aromatic N) is 3. The highest BCUT2D eigenvalue weighted by Gasteiger charge is 2.26. The van der Waals surface area contributed by atoms with Gasteiger partial charge in [0, 0.05) is 13.2 Å². The SMILES string of the molecule is CC(C)COc1ccc(-n2nnc(CN)c2C2CCCO2)cc1. The van der Waals surface area contributed by atoms with Crippen molar-refractivity contribution >= 4 is 0 Å². The predicted octanol–water partition coefficient (Wildman–Crippen LogP) is 2.61. The molecule has 2 N–H and O–H groups in total.